The zero-order valence-electron chi connectivity index (χ0n) is 20.5. The van der Waals surface area contributed by atoms with Gasteiger partial charge in [-0.15, -0.1) is 0 Å². The first-order valence-corrected chi connectivity index (χ1v) is 11.9. The molecule has 0 saturated carbocycles. The molecule has 10 nitrogen and oxygen atoms in total. The predicted octanol–water partition coefficient (Wildman–Crippen LogP) is 2.32. The largest absolute Gasteiger partial charge is 0.504 e. The summed E-state index contributed by atoms with van der Waals surface area (Å²) in [5.74, 6) is 4.71. The summed E-state index contributed by atoms with van der Waals surface area (Å²) in [6.07, 6.45) is 0. The molecule has 0 aliphatic carbocycles. The fraction of sp³-hybridized carbons (Fsp3) is 0.259. The second-order valence-electron chi connectivity index (χ2n) is 8.35. The van der Waals surface area contributed by atoms with E-state index < -0.39 is 23.4 Å². The monoisotopic (exact) mass is 500 g/mol. The van der Waals surface area contributed by atoms with Crippen LogP contribution in [-0.2, 0) is 11.3 Å². The van der Waals surface area contributed by atoms with Gasteiger partial charge in [0.25, 0.3) is 5.91 Å². The van der Waals surface area contributed by atoms with Crippen LogP contribution in [0.3, 0.4) is 0 Å². The molecule has 0 bridgehead atoms. The van der Waals surface area contributed by atoms with Crippen LogP contribution in [0, 0.1) is 11.8 Å². The van der Waals surface area contributed by atoms with Crippen LogP contribution in [0.15, 0.2) is 48.5 Å². The van der Waals surface area contributed by atoms with E-state index in [4.69, 9.17) is 10.5 Å². The molecule has 2 heterocycles. The van der Waals surface area contributed by atoms with E-state index in [0.29, 0.717) is 12.1 Å². The van der Waals surface area contributed by atoms with Crippen LogP contribution in [-0.4, -0.2) is 64.8 Å². The van der Waals surface area contributed by atoms with Gasteiger partial charge in [-0.2, -0.15) is 0 Å². The van der Waals surface area contributed by atoms with E-state index in [-0.39, 0.29) is 11.6 Å². The van der Waals surface area contributed by atoms with Gasteiger partial charge in [-0.1, -0.05) is 36.1 Å². The van der Waals surface area contributed by atoms with Crippen LogP contribution < -0.4 is 16.4 Å². The highest BCUT2D eigenvalue weighted by Crippen LogP contribution is 2.30. The number of anilines is 1. The normalized spacial score (nSPS) is 13.3. The van der Waals surface area contributed by atoms with E-state index in [0.717, 1.165) is 44.0 Å². The number of hydrogen-bond acceptors (Lipinski definition) is 7. The Morgan fingerprint density at radius 1 is 1.03 bits per heavy atom. The Bertz CT molecular complexity index is 1320. The van der Waals surface area contributed by atoms with Crippen LogP contribution in [0.2, 0.25) is 0 Å². The predicted molar refractivity (Wildman–Crippen MR) is 139 cm³/mol. The van der Waals surface area contributed by atoms with Gasteiger partial charge in [-0.25, -0.2) is 14.8 Å². The number of primary amides is 1. The average Bonchev–Trinajstić information content (AvgIpc) is 2.90. The SMILES string of the molecule is CCNC(=O)Nc1nc(C(N)=O)c(O)c(-c2ccc(C#Cc3ccc(CN4CCOCC4)cc3)cc2)n1. The molecule has 3 aromatic rings. The fourth-order valence-electron chi connectivity index (χ4n) is 3.76. The number of carbonyl (C=O) groups is 2. The highest BCUT2D eigenvalue weighted by atomic mass is 16.5. The summed E-state index contributed by atoms with van der Waals surface area (Å²) in [4.78, 5) is 34.1. The van der Waals surface area contributed by atoms with Crippen molar-refractivity contribution in [3.8, 4) is 28.8 Å². The molecule has 0 radical (unpaired) electrons. The van der Waals surface area contributed by atoms with Gasteiger partial charge in [0.15, 0.2) is 11.4 Å². The second-order valence-corrected chi connectivity index (χ2v) is 8.35. The van der Waals surface area contributed by atoms with E-state index in [2.05, 4.69) is 49.5 Å². The lowest BCUT2D eigenvalue weighted by Crippen LogP contribution is -2.35. The van der Waals surface area contributed by atoms with Gasteiger partial charge >= 0.3 is 6.03 Å². The van der Waals surface area contributed by atoms with Gasteiger partial charge in [-0.3, -0.25) is 15.0 Å². The van der Waals surface area contributed by atoms with Crippen molar-refractivity contribution in [1.82, 2.24) is 20.2 Å². The van der Waals surface area contributed by atoms with Crippen LogP contribution in [0.1, 0.15) is 34.1 Å². The highest BCUT2D eigenvalue weighted by molar-refractivity contribution is 5.97. The molecular weight excluding hydrogens is 472 g/mol. The van der Waals surface area contributed by atoms with E-state index in [9.17, 15) is 14.7 Å². The number of carbonyl (C=O) groups excluding carboxylic acids is 2. The maximum atomic E-state index is 11.9. The van der Waals surface area contributed by atoms with Gasteiger partial charge in [0, 0.05) is 42.9 Å². The van der Waals surface area contributed by atoms with E-state index in [1.54, 1.807) is 31.2 Å². The number of aromatic hydroxyl groups is 1. The molecule has 37 heavy (non-hydrogen) atoms. The quantitative estimate of drug-likeness (QED) is 0.381. The molecule has 1 aliphatic rings. The molecule has 3 amide bonds. The molecule has 2 aromatic carbocycles. The number of aromatic nitrogens is 2. The van der Waals surface area contributed by atoms with Crippen molar-refractivity contribution in [1.29, 1.82) is 0 Å². The van der Waals surface area contributed by atoms with Crippen molar-refractivity contribution >= 4 is 17.9 Å². The fourth-order valence-corrected chi connectivity index (χ4v) is 3.76. The summed E-state index contributed by atoms with van der Waals surface area (Å²) in [7, 11) is 0. The van der Waals surface area contributed by atoms with E-state index in [1.165, 1.54) is 5.56 Å². The third-order valence-electron chi connectivity index (χ3n) is 5.65. The van der Waals surface area contributed by atoms with Gasteiger partial charge in [0.2, 0.25) is 5.95 Å². The molecule has 0 spiro atoms. The number of urea groups is 1. The van der Waals surface area contributed by atoms with Crippen LogP contribution in [0.5, 0.6) is 5.75 Å². The molecule has 4 rings (SSSR count). The molecular formula is C27H28N6O4. The minimum Gasteiger partial charge on any atom is -0.504 e. The Labute approximate surface area is 214 Å². The number of ether oxygens (including phenoxy) is 1. The first kappa shape index (κ1) is 25.6. The molecule has 0 unspecified atom stereocenters. The summed E-state index contributed by atoms with van der Waals surface area (Å²) < 4.78 is 5.40. The van der Waals surface area contributed by atoms with Gasteiger partial charge < -0.3 is 20.9 Å². The number of benzene rings is 2. The Morgan fingerprint density at radius 2 is 1.65 bits per heavy atom. The molecule has 1 aliphatic heterocycles. The zero-order valence-corrected chi connectivity index (χ0v) is 20.5. The van der Waals surface area contributed by atoms with E-state index >= 15 is 0 Å². The number of nitrogens with one attached hydrogen (secondary N) is 2. The first-order valence-electron chi connectivity index (χ1n) is 11.9. The number of morpholine rings is 1. The molecule has 5 N–H and O–H groups in total. The minimum absolute atomic E-state index is 0.0611. The molecule has 1 aromatic heterocycles. The summed E-state index contributed by atoms with van der Waals surface area (Å²) in [5, 5.41) is 15.5. The average molecular weight is 501 g/mol. The maximum absolute atomic E-state index is 11.9. The minimum atomic E-state index is -0.946. The lowest BCUT2D eigenvalue weighted by atomic mass is 10.1. The van der Waals surface area contributed by atoms with Crippen LogP contribution in [0.4, 0.5) is 10.7 Å². The Kier molecular flexibility index (Phi) is 8.30. The van der Waals surface area contributed by atoms with Crippen molar-refractivity contribution in [2.24, 2.45) is 5.73 Å². The van der Waals surface area contributed by atoms with Gasteiger partial charge in [0.1, 0.15) is 5.69 Å². The Hall–Kier alpha value is -4.46. The van der Waals surface area contributed by atoms with Crippen molar-refractivity contribution < 1.29 is 19.4 Å². The van der Waals surface area contributed by atoms with Crippen molar-refractivity contribution in [3.63, 3.8) is 0 Å². The van der Waals surface area contributed by atoms with Crippen LogP contribution in [0.25, 0.3) is 11.3 Å². The number of amides is 3. The smallest absolute Gasteiger partial charge is 0.321 e. The second kappa shape index (κ2) is 12.0. The summed E-state index contributed by atoms with van der Waals surface area (Å²) in [6.45, 7) is 6.48. The zero-order chi connectivity index (χ0) is 26.2. The summed E-state index contributed by atoms with van der Waals surface area (Å²) in [5.41, 5.74) is 8.41. The third kappa shape index (κ3) is 6.82. The molecule has 10 heteroatoms. The van der Waals surface area contributed by atoms with Crippen molar-refractivity contribution in [2.45, 2.75) is 13.5 Å². The van der Waals surface area contributed by atoms with Crippen molar-refractivity contribution in [3.05, 3.63) is 70.9 Å². The van der Waals surface area contributed by atoms with Gasteiger partial charge in [-0.05, 0) is 36.8 Å². The van der Waals surface area contributed by atoms with Crippen molar-refractivity contribution in [2.75, 3.05) is 38.2 Å². The maximum Gasteiger partial charge on any atom is 0.321 e. The Morgan fingerprint density at radius 3 is 2.24 bits per heavy atom. The summed E-state index contributed by atoms with van der Waals surface area (Å²) in [6, 6.07) is 14.6. The highest BCUT2D eigenvalue weighted by Gasteiger charge is 2.20. The number of hydrogen-bond donors (Lipinski definition) is 4. The lowest BCUT2D eigenvalue weighted by molar-refractivity contribution is 0.0342. The number of rotatable bonds is 6. The first-order chi connectivity index (χ1) is 17.9. The molecule has 1 saturated heterocycles. The number of nitrogens with zero attached hydrogens (tertiary/aromatic N) is 3. The third-order valence-corrected chi connectivity index (χ3v) is 5.65. The standard InChI is InChI=1S/C27H28N6O4/c1-2-29-27(36)32-26-30-22(24(34)23(31-26)25(28)35)21-11-9-19(10-12-21)4-3-18-5-7-20(8-6-18)17-33-13-15-37-16-14-33/h5-12,34H,2,13-17H2,1H3,(H2,28,35)(H2,29,30,31,32,36). The molecule has 0 atom stereocenters. The molecule has 1 fully saturated rings. The topological polar surface area (TPSA) is 143 Å². The van der Waals surface area contributed by atoms with Crippen LogP contribution >= 0.6 is 0 Å². The van der Waals surface area contributed by atoms with E-state index in [1.807, 2.05) is 12.1 Å². The van der Waals surface area contributed by atoms with Gasteiger partial charge in [0.05, 0.1) is 13.2 Å². The lowest BCUT2D eigenvalue weighted by Gasteiger charge is -2.26. The Balaban J connectivity index is 1.49. The molecule has 190 valence electrons. The summed E-state index contributed by atoms with van der Waals surface area (Å²) >= 11 is 0. The number of nitrogens with two attached hydrogens (primary N) is 1.